The topological polar surface area (TPSA) is 64.5 Å². The molecule has 24 heavy (non-hydrogen) atoms. The van der Waals surface area contributed by atoms with E-state index in [1.165, 1.54) is 7.11 Å². The van der Waals surface area contributed by atoms with Gasteiger partial charge in [0.1, 0.15) is 5.82 Å². The minimum absolute atomic E-state index is 0.181. The molecule has 1 aromatic heterocycles. The first kappa shape index (κ1) is 16.5. The van der Waals surface area contributed by atoms with Gasteiger partial charge in [0.15, 0.2) is 11.9 Å². The summed E-state index contributed by atoms with van der Waals surface area (Å²) in [6, 6.07) is 6.95. The van der Waals surface area contributed by atoms with E-state index in [-0.39, 0.29) is 12.6 Å². The smallest absolute Gasteiger partial charge is 0.336 e. The van der Waals surface area contributed by atoms with Crippen LogP contribution in [-0.4, -0.2) is 48.3 Å². The van der Waals surface area contributed by atoms with Crippen LogP contribution in [0.15, 0.2) is 24.3 Å². The Morgan fingerprint density at radius 3 is 2.79 bits per heavy atom. The van der Waals surface area contributed by atoms with E-state index >= 15 is 0 Å². The van der Waals surface area contributed by atoms with E-state index in [0.29, 0.717) is 23.3 Å². The van der Waals surface area contributed by atoms with E-state index < -0.39 is 24.3 Å². The number of ether oxygens (including phenoxy) is 2. The van der Waals surface area contributed by atoms with Crippen LogP contribution in [0.2, 0.25) is 0 Å². The molecule has 0 N–H and O–H groups in total. The van der Waals surface area contributed by atoms with E-state index in [1.54, 1.807) is 36.1 Å². The molecule has 0 saturated carbocycles. The summed E-state index contributed by atoms with van der Waals surface area (Å²) < 4.78 is 36.6. The van der Waals surface area contributed by atoms with Crippen LogP contribution >= 0.6 is 0 Å². The Hall–Kier alpha value is -2.35. The van der Waals surface area contributed by atoms with Crippen LogP contribution in [-0.2, 0) is 14.3 Å². The molecule has 3 rings (SSSR count). The molecule has 0 radical (unpaired) electrons. The number of aromatic nitrogens is 2. The van der Waals surface area contributed by atoms with Crippen LogP contribution in [0.1, 0.15) is 19.2 Å². The van der Waals surface area contributed by atoms with Crippen molar-refractivity contribution in [3.05, 3.63) is 30.1 Å². The number of anilines is 1. The van der Waals surface area contributed by atoms with Crippen LogP contribution in [0.5, 0.6) is 0 Å². The maximum Gasteiger partial charge on any atom is 0.336 e. The number of hydrogen-bond acceptors (Lipinski definition) is 6. The van der Waals surface area contributed by atoms with Crippen molar-refractivity contribution in [2.24, 2.45) is 0 Å². The fraction of sp³-hybridized carbons (Fsp3) is 0.438. The Balaban J connectivity index is 2.05. The number of esters is 1. The summed E-state index contributed by atoms with van der Waals surface area (Å²) in [5.74, 6) is -0.656. The number of carbonyl (C=O) groups excluding carboxylic acids is 1. The molecule has 0 spiro atoms. The third kappa shape index (κ3) is 3.14. The first-order chi connectivity index (χ1) is 11.5. The van der Waals surface area contributed by atoms with Gasteiger partial charge >= 0.3 is 5.97 Å². The first-order valence-electron chi connectivity index (χ1n) is 7.52. The van der Waals surface area contributed by atoms with Crippen molar-refractivity contribution in [2.45, 2.75) is 25.6 Å². The summed E-state index contributed by atoms with van der Waals surface area (Å²) >= 11 is 0. The maximum atomic E-state index is 13.1. The zero-order chi connectivity index (χ0) is 17.3. The average molecular weight is 337 g/mol. The molecular formula is C16H17F2N3O3. The van der Waals surface area contributed by atoms with Gasteiger partial charge < -0.3 is 14.4 Å². The van der Waals surface area contributed by atoms with Crippen LogP contribution < -0.4 is 4.90 Å². The molecule has 0 bridgehead atoms. The lowest BCUT2D eigenvalue weighted by molar-refractivity contribution is -0.158. The summed E-state index contributed by atoms with van der Waals surface area (Å²) in [4.78, 5) is 21.5. The van der Waals surface area contributed by atoms with Gasteiger partial charge in [-0.3, -0.25) is 0 Å². The third-order valence-corrected chi connectivity index (χ3v) is 3.82. The van der Waals surface area contributed by atoms with Crippen molar-refractivity contribution in [3.8, 4) is 0 Å². The summed E-state index contributed by atoms with van der Waals surface area (Å²) in [5.41, 5.74) is 0.437. The number of hydrogen-bond donors (Lipinski definition) is 0. The van der Waals surface area contributed by atoms with Gasteiger partial charge in [0, 0.05) is 11.9 Å². The van der Waals surface area contributed by atoms with Crippen molar-refractivity contribution >= 4 is 22.7 Å². The zero-order valence-electron chi connectivity index (χ0n) is 13.3. The van der Waals surface area contributed by atoms with E-state index in [1.807, 2.05) is 0 Å². The lowest BCUT2D eigenvalue weighted by Gasteiger charge is -2.36. The summed E-state index contributed by atoms with van der Waals surface area (Å²) in [6.07, 6.45) is -3.84. The van der Waals surface area contributed by atoms with Gasteiger partial charge in [-0.2, -0.15) is 0 Å². The number of alkyl halides is 2. The summed E-state index contributed by atoms with van der Waals surface area (Å²) in [6.45, 7) is 2.41. The van der Waals surface area contributed by atoms with Crippen molar-refractivity contribution in [2.75, 3.05) is 25.1 Å². The van der Waals surface area contributed by atoms with Crippen LogP contribution in [0, 0.1) is 0 Å². The Bertz CT molecular complexity index is 756. The molecule has 6 nitrogen and oxygen atoms in total. The van der Waals surface area contributed by atoms with Gasteiger partial charge in [0.25, 0.3) is 6.43 Å². The predicted molar refractivity (Wildman–Crippen MR) is 83.1 cm³/mol. The highest BCUT2D eigenvalue weighted by molar-refractivity contribution is 5.90. The minimum Gasteiger partial charge on any atom is -0.467 e. The van der Waals surface area contributed by atoms with Crippen molar-refractivity contribution in [1.82, 2.24) is 9.97 Å². The highest BCUT2D eigenvalue weighted by Gasteiger charge is 2.33. The lowest BCUT2D eigenvalue weighted by Crippen LogP contribution is -2.50. The van der Waals surface area contributed by atoms with Crippen molar-refractivity contribution in [3.63, 3.8) is 0 Å². The molecule has 2 aromatic rings. The van der Waals surface area contributed by atoms with Crippen LogP contribution in [0.25, 0.3) is 10.9 Å². The SMILES string of the molecule is COC(=O)C1CN(c2nc(C(F)F)nc3ccccc23)C[C@@H](C)O1. The molecular weight excluding hydrogens is 320 g/mol. The molecule has 8 heteroatoms. The van der Waals surface area contributed by atoms with E-state index in [0.717, 1.165) is 0 Å². The summed E-state index contributed by atoms with van der Waals surface area (Å²) in [7, 11) is 1.28. The third-order valence-electron chi connectivity index (χ3n) is 3.82. The van der Waals surface area contributed by atoms with Gasteiger partial charge in [-0.25, -0.2) is 23.5 Å². The number of carbonyl (C=O) groups is 1. The molecule has 1 saturated heterocycles. The molecule has 1 aliphatic rings. The maximum absolute atomic E-state index is 13.1. The van der Waals surface area contributed by atoms with Gasteiger partial charge in [-0.05, 0) is 19.1 Å². The molecule has 0 aliphatic carbocycles. The van der Waals surface area contributed by atoms with E-state index in [9.17, 15) is 13.6 Å². The number of benzene rings is 1. The number of methoxy groups -OCH3 is 1. The number of halogens is 2. The van der Waals surface area contributed by atoms with Crippen molar-refractivity contribution < 1.29 is 23.0 Å². The minimum atomic E-state index is -2.77. The second kappa shape index (κ2) is 6.64. The second-order valence-electron chi connectivity index (χ2n) is 5.59. The normalized spacial score (nSPS) is 21.3. The predicted octanol–water partition coefficient (Wildman–Crippen LogP) is 2.33. The fourth-order valence-corrected chi connectivity index (χ4v) is 2.80. The number of morpholine rings is 1. The van der Waals surface area contributed by atoms with Gasteiger partial charge in [-0.15, -0.1) is 0 Å². The monoisotopic (exact) mass is 337 g/mol. The van der Waals surface area contributed by atoms with Crippen molar-refractivity contribution in [1.29, 1.82) is 0 Å². The molecule has 2 atom stereocenters. The van der Waals surface area contributed by atoms with E-state index in [2.05, 4.69) is 9.97 Å². The number of rotatable bonds is 3. The van der Waals surface area contributed by atoms with Gasteiger partial charge in [0.2, 0.25) is 0 Å². The molecule has 1 fully saturated rings. The van der Waals surface area contributed by atoms with Gasteiger partial charge in [-0.1, -0.05) is 12.1 Å². The molecule has 128 valence electrons. The Kier molecular flexibility index (Phi) is 4.57. The fourth-order valence-electron chi connectivity index (χ4n) is 2.80. The number of fused-ring (bicyclic) bond motifs is 1. The highest BCUT2D eigenvalue weighted by atomic mass is 19.3. The zero-order valence-corrected chi connectivity index (χ0v) is 13.3. The molecule has 1 aromatic carbocycles. The Morgan fingerprint density at radius 2 is 2.08 bits per heavy atom. The van der Waals surface area contributed by atoms with Gasteiger partial charge in [0.05, 0.1) is 25.3 Å². The van der Waals surface area contributed by atoms with E-state index in [4.69, 9.17) is 9.47 Å². The molecule has 2 heterocycles. The molecule has 1 unspecified atom stereocenters. The quantitative estimate of drug-likeness (QED) is 0.801. The van der Waals surface area contributed by atoms with Crippen LogP contribution in [0.4, 0.5) is 14.6 Å². The number of nitrogens with zero attached hydrogens (tertiary/aromatic N) is 3. The Labute approximate surface area is 137 Å². The second-order valence-corrected chi connectivity index (χ2v) is 5.59. The largest absolute Gasteiger partial charge is 0.467 e. The number of para-hydroxylation sites is 1. The van der Waals surface area contributed by atoms with Crippen LogP contribution in [0.3, 0.4) is 0 Å². The highest BCUT2D eigenvalue weighted by Crippen LogP contribution is 2.29. The Morgan fingerprint density at radius 1 is 1.33 bits per heavy atom. The summed E-state index contributed by atoms with van der Waals surface area (Å²) in [5, 5.41) is 0.652. The first-order valence-corrected chi connectivity index (χ1v) is 7.52. The lowest BCUT2D eigenvalue weighted by atomic mass is 10.1. The molecule has 1 aliphatic heterocycles. The average Bonchev–Trinajstić information content (AvgIpc) is 2.59. The standard InChI is InChI=1S/C16H17F2N3O3/c1-9-7-21(8-12(24-9)16(22)23-2)15-10-5-3-4-6-11(10)19-14(20-15)13(17)18/h3-6,9,12-13H,7-8H2,1-2H3/t9-,12?/m1/s1. The molecule has 0 amide bonds.